The van der Waals surface area contributed by atoms with Gasteiger partial charge in [-0.2, -0.15) is 0 Å². The van der Waals surface area contributed by atoms with Gasteiger partial charge in [0.15, 0.2) is 5.69 Å². The Kier molecular flexibility index (Phi) is 2.62. The van der Waals surface area contributed by atoms with E-state index < -0.39 is 11.8 Å². The van der Waals surface area contributed by atoms with Crippen LogP contribution >= 0.6 is 11.6 Å². The van der Waals surface area contributed by atoms with Gasteiger partial charge in [0.05, 0.1) is 10.6 Å². The summed E-state index contributed by atoms with van der Waals surface area (Å²) in [5.41, 5.74) is 0.117. The van der Waals surface area contributed by atoms with Crippen molar-refractivity contribution in [2.24, 2.45) is 0 Å². The fraction of sp³-hybridized carbons (Fsp3) is 0. The molecule has 4 nitrogen and oxygen atoms in total. The maximum absolute atomic E-state index is 12.8. The normalized spacial score (nSPS) is 10.4. The van der Waals surface area contributed by atoms with Gasteiger partial charge in [0, 0.05) is 0 Å². The molecule has 0 saturated carbocycles. The molecule has 0 unspecified atom stereocenters. The third kappa shape index (κ3) is 1.90. The fourth-order valence-corrected chi connectivity index (χ4v) is 1.41. The highest BCUT2D eigenvalue weighted by Gasteiger charge is 2.14. The second kappa shape index (κ2) is 3.94. The molecule has 0 radical (unpaired) electrons. The fourth-order valence-electron chi connectivity index (χ4n) is 1.16. The lowest BCUT2D eigenvalue weighted by molar-refractivity contribution is 0.0690. The van der Waals surface area contributed by atoms with E-state index in [9.17, 15) is 9.18 Å². The molecule has 0 saturated heterocycles. The third-order valence-electron chi connectivity index (χ3n) is 1.88. The molecule has 0 aliphatic carbocycles. The van der Waals surface area contributed by atoms with Crippen molar-refractivity contribution in [3.63, 3.8) is 0 Å². The summed E-state index contributed by atoms with van der Waals surface area (Å²) in [6.07, 6.45) is 0.997. The highest BCUT2D eigenvalue weighted by Crippen LogP contribution is 2.27. The lowest BCUT2D eigenvalue weighted by atomic mass is 10.2. The van der Waals surface area contributed by atoms with E-state index in [-0.39, 0.29) is 16.6 Å². The third-order valence-corrected chi connectivity index (χ3v) is 2.20. The minimum absolute atomic E-state index is 0.0439. The first-order valence-corrected chi connectivity index (χ1v) is 4.60. The number of aromatic nitrogens is 1. The summed E-state index contributed by atoms with van der Waals surface area (Å²) in [4.78, 5) is 14.3. The van der Waals surface area contributed by atoms with Gasteiger partial charge in [-0.1, -0.05) is 11.6 Å². The highest BCUT2D eigenvalue weighted by molar-refractivity contribution is 6.33. The van der Waals surface area contributed by atoms with Crippen LogP contribution in [0.25, 0.3) is 11.5 Å². The monoisotopic (exact) mass is 241 g/mol. The van der Waals surface area contributed by atoms with Crippen LogP contribution in [0.2, 0.25) is 5.02 Å². The Morgan fingerprint density at radius 1 is 1.50 bits per heavy atom. The Balaban J connectivity index is 2.46. The Labute approximate surface area is 94.3 Å². The van der Waals surface area contributed by atoms with Gasteiger partial charge in [-0.25, -0.2) is 14.2 Å². The van der Waals surface area contributed by atoms with E-state index in [1.54, 1.807) is 0 Å². The van der Waals surface area contributed by atoms with Gasteiger partial charge in [-0.3, -0.25) is 0 Å². The van der Waals surface area contributed by atoms with Gasteiger partial charge in [-0.05, 0) is 18.2 Å². The quantitative estimate of drug-likeness (QED) is 0.878. The number of hydrogen-bond donors (Lipinski definition) is 1. The largest absolute Gasteiger partial charge is 0.476 e. The van der Waals surface area contributed by atoms with Gasteiger partial charge in [0.1, 0.15) is 12.1 Å². The van der Waals surface area contributed by atoms with E-state index in [2.05, 4.69) is 4.98 Å². The molecule has 1 N–H and O–H groups in total. The zero-order chi connectivity index (χ0) is 11.7. The molecule has 16 heavy (non-hydrogen) atoms. The lowest BCUT2D eigenvalue weighted by Crippen LogP contribution is -1.95. The Morgan fingerprint density at radius 2 is 2.25 bits per heavy atom. The van der Waals surface area contributed by atoms with Gasteiger partial charge >= 0.3 is 5.97 Å². The molecule has 2 aromatic rings. The first-order chi connectivity index (χ1) is 7.58. The van der Waals surface area contributed by atoms with Crippen molar-refractivity contribution >= 4 is 17.6 Å². The molecule has 6 heteroatoms. The van der Waals surface area contributed by atoms with Gasteiger partial charge in [0.25, 0.3) is 0 Å². The molecule has 0 aliphatic rings. The van der Waals surface area contributed by atoms with E-state index in [0.29, 0.717) is 5.56 Å². The molecule has 0 bridgehead atoms. The first-order valence-electron chi connectivity index (χ1n) is 4.22. The number of carbonyl (C=O) groups is 1. The Morgan fingerprint density at radius 3 is 2.81 bits per heavy atom. The number of benzene rings is 1. The molecule has 0 spiro atoms. The van der Waals surface area contributed by atoms with Crippen molar-refractivity contribution in [1.82, 2.24) is 4.98 Å². The number of rotatable bonds is 2. The van der Waals surface area contributed by atoms with Crippen LogP contribution in [0.15, 0.2) is 28.9 Å². The van der Waals surface area contributed by atoms with Crippen molar-refractivity contribution in [3.05, 3.63) is 41.0 Å². The minimum Gasteiger partial charge on any atom is -0.476 e. The standard InChI is InChI=1S/C10H5ClFNO3/c11-7-3-5(12)1-2-6(7)9-13-8(4-16-9)10(14)15/h1-4H,(H,14,15). The highest BCUT2D eigenvalue weighted by atomic mass is 35.5. The Bertz CT molecular complexity index is 553. The number of carboxylic acid groups (broad SMARTS) is 1. The zero-order valence-electron chi connectivity index (χ0n) is 7.78. The smallest absolute Gasteiger partial charge is 0.357 e. The second-order valence-electron chi connectivity index (χ2n) is 2.97. The maximum Gasteiger partial charge on any atom is 0.357 e. The van der Waals surface area contributed by atoms with Crippen molar-refractivity contribution in [1.29, 1.82) is 0 Å². The average molecular weight is 242 g/mol. The van der Waals surface area contributed by atoms with Crippen molar-refractivity contribution < 1.29 is 18.7 Å². The number of nitrogens with zero attached hydrogens (tertiary/aromatic N) is 1. The molecule has 2 rings (SSSR count). The molecular weight excluding hydrogens is 237 g/mol. The maximum atomic E-state index is 12.8. The molecule has 1 aromatic heterocycles. The van der Waals surface area contributed by atoms with Crippen molar-refractivity contribution in [2.75, 3.05) is 0 Å². The molecule has 0 fully saturated rings. The van der Waals surface area contributed by atoms with E-state index in [0.717, 1.165) is 12.3 Å². The van der Waals surface area contributed by atoms with E-state index in [1.807, 2.05) is 0 Å². The predicted molar refractivity (Wildman–Crippen MR) is 53.9 cm³/mol. The number of hydrogen-bond acceptors (Lipinski definition) is 3. The van der Waals surface area contributed by atoms with Crippen LogP contribution in [0.3, 0.4) is 0 Å². The van der Waals surface area contributed by atoms with E-state index in [4.69, 9.17) is 21.1 Å². The number of carboxylic acids is 1. The number of halogens is 2. The first kappa shape index (κ1) is 10.6. The second-order valence-corrected chi connectivity index (χ2v) is 3.37. The van der Waals surface area contributed by atoms with Crippen LogP contribution in [0.1, 0.15) is 10.5 Å². The van der Waals surface area contributed by atoms with Crippen LogP contribution in [-0.2, 0) is 0 Å². The van der Waals surface area contributed by atoms with Crippen molar-refractivity contribution in [2.45, 2.75) is 0 Å². The molecule has 82 valence electrons. The van der Waals surface area contributed by atoms with Gasteiger partial charge in [0.2, 0.25) is 5.89 Å². The summed E-state index contributed by atoms with van der Waals surface area (Å²) in [5.74, 6) is -1.64. The van der Waals surface area contributed by atoms with E-state index >= 15 is 0 Å². The van der Waals surface area contributed by atoms with Crippen molar-refractivity contribution in [3.8, 4) is 11.5 Å². The molecule has 0 aliphatic heterocycles. The summed E-state index contributed by atoms with van der Waals surface area (Å²) < 4.78 is 17.7. The number of oxazole rings is 1. The lowest BCUT2D eigenvalue weighted by Gasteiger charge is -1.98. The van der Waals surface area contributed by atoms with Crippen LogP contribution in [0.5, 0.6) is 0 Å². The van der Waals surface area contributed by atoms with Crippen LogP contribution in [0, 0.1) is 5.82 Å². The zero-order valence-corrected chi connectivity index (χ0v) is 8.53. The van der Waals surface area contributed by atoms with E-state index in [1.165, 1.54) is 12.1 Å². The SMILES string of the molecule is O=C(O)c1coc(-c2ccc(F)cc2Cl)n1. The topological polar surface area (TPSA) is 63.3 Å². The molecule has 1 aromatic carbocycles. The van der Waals surface area contributed by atoms with Crippen LogP contribution in [0.4, 0.5) is 4.39 Å². The summed E-state index contributed by atoms with van der Waals surface area (Å²) >= 11 is 5.77. The summed E-state index contributed by atoms with van der Waals surface area (Å²) in [6, 6.07) is 3.66. The number of aromatic carboxylic acids is 1. The molecular formula is C10H5ClFNO3. The van der Waals surface area contributed by atoms with Crippen LogP contribution < -0.4 is 0 Å². The summed E-state index contributed by atoms with van der Waals surface area (Å²) in [5, 5.41) is 8.75. The molecule has 0 atom stereocenters. The van der Waals surface area contributed by atoms with Crippen LogP contribution in [-0.4, -0.2) is 16.1 Å². The molecule has 1 heterocycles. The Hall–Kier alpha value is -1.88. The predicted octanol–water partition coefficient (Wildman–Crippen LogP) is 2.83. The van der Waals surface area contributed by atoms with Gasteiger partial charge in [-0.15, -0.1) is 0 Å². The minimum atomic E-state index is -1.20. The summed E-state index contributed by atoms with van der Waals surface area (Å²) in [6.45, 7) is 0. The molecule has 0 amide bonds. The summed E-state index contributed by atoms with van der Waals surface area (Å²) in [7, 11) is 0. The van der Waals surface area contributed by atoms with Gasteiger partial charge < -0.3 is 9.52 Å². The average Bonchev–Trinajstić information content (AvgIpc) is 2.66.